The Morgan fingerprint density at radius 3 is 2.56 bits per heavy atom. The maximum Gasteiger partial charge on any atom is 0.0167 e. The predicted octanol–water partition coefficient (Wildman–Crippen LogP) is 2.50. The van der Waals surface area contributed by atoms with E-state index < -0.39 is 0 Å². The highest BCUT2D eigenvalue weighted by Crippen LogP contribution is 2.38. The fourth-order valence-electron chi connectivity index (χ4n) is 3.18. The lowest BCUT2D eigenvalue weighted by atomic mass is 9.73. The van der Waals surface area contributed by atoms with Gasteiger partial charge in [-0.2, -0.15) is 0 Å². The largest absolute Gasteiger partial charge is 0.312 e. The van der Waals surface area contributed by atoms with Gasteiger partial charge in [0.1, 0.15) is 0 Å². The summed E-state index contributed by atoms with van der Waals surface area (Å²) in [5, 5.41) is 3.52. The summed E-state index contributed by atoms with van der Waals surface area (Å²) in [5.74, 6) is 0.971. The molecule has 0 radical (unpaired) electrons. The van der Waals surface area contributed by atoms with Gasteiger partial charge < -0.3 is 10.2 Å². The summed E-state index contributed by atoms with van der Waals surface area (Å²) in [4.78, 5) is 2.67. The van der Waals surface area contributed by atoms with Gasteiger partial charge in [0, 0.05) is 32.2 Å². The lowest BCUT2D eigenvalue weighted by molar-refractivity contribution is 0.125. The molecule has 0 amide bonds. The smallest absolute Gasteiger partial charge is 0.0167 e. The van der Waals surface area contributed by atoms with Crippen molar-refractivity contribution in [3.05, 3.63) is 0 Å². The van der Waals surface area contributed by atoms with Gasteiger partial charge in [-0.25, -0.2) is 0 Å². The topological polar surface area (TPSA) is 15.3 Å². The molecule has 2 nitrogen and oxygen atoms in total. The minimum absolute atomic E-state index is 0.618. The van der Waals surface area contributed by atoms with E-state index in [1.54, 1.807) is 0 Å². The van der Waals surface area contributed by atoms with Crippen molar-refractivity contribution in [2.75, 3.05) is 26.2 Å². The molecule has 2 aliphatic rings. The second-order valence-corrected chi connectivity index (χ2v) is 6.72. The van der Waals surface area contributed by atoms with Crippen molar-refractivity contribution in [2.24, 2.45) is 11.3 Å². The molecular weight excluding hydrogens is 196 g/mol. The van der Waals surface area contributed by atoms with E-state index in [1.165, 1.54) is 51.9 Å². The third-order valence-corrected chi connectivity index (χ3v) is 4.43. The molecule has 2 rings (SSSR count). The average Bonchev–Trinajstić information content (AvgIpc) is 2.21. The van der Waals surface area contributed by atoms with E-state index in [1.807, 2.05) is 0 Å². The third-order valence-electron chi connectivity index (χ3n) is 4.43. The van der Waals surface area contributed by atoms with Crippen LogP contribution in [0, 0.1) is 11.3 Å². The Kier molecular flexibility index (Phi) is 3.91. The quantitative estimate of drug-likeness (QED) is 0.775. The van der Waals surface area contributed by atoms with Crippen LogP contribution in [0.15, 0.2) is 0 Å². The summed E-state index contributed by atoms with van der Waals surface area (Å²) < 4.78 is 0. The number of nitrogens with zero attached hydrogens (tertiary/aromatic N) is 1. The second-order valence-electron chi connectivity index (χ2n) is 6.72. The van der Waals surface area contributed by atoms with Crippen LogP contribution in [0.2, 0.25) is 0 Å². The molecule has 2 heteroatoms. The Bertz CT molecular complexity index is 215. The first-order valence-corrected chi connectivity index (χ1v) is 7.01. The number of hydrogen-bond acceptors (Lipinski definition) is 2. The highest BCUT2D eigenvalue weighted by molar-refractivity contribution is 4.82. The molecule has 1 heterocycles. The average molecular weight is 224 g/mol. The lowest BCUT2D eigenvalue weighted by Gasteiger charge is -2.39. The zero-order valence-electron chi connectivity index (χ0n) is 11.3. The fraction of sp³-hybridized carbons (Fsp3) is 1.00. The van der Waals surface area contributed by atoms with Crippen LogP contribution in [-0.2, 0) is 0 Å². The molecule has 1 saturated carbocycles. The number of hydrogen-bond donors (Lipinski definition) is 1. The molecule has 16 heavy (non-hydrogen) atoms. The van der Waals surface area contributed by atoms with Gasteiger partial charge in [0.2, 0.25) is 0 Å². The number of nitrogens with one attached hydrogen (secondary N) is 1. The highest BCUT2D eigenvalue weighted by Gasteiger charge is 2.28. The highest BCUT2D eigenvalue weighted by atomic mass is 15.2. The minimum Gasteiger partial charge on any atom is -0.312 e. The van der Waals surface area contributed by atoms with Gasteiger partial charge in [0.25, 0.3) is 0 Å². The molecule has 0 aromatic carbocycles. The summed E-state index contributed by atoms with van der Waals surface area (Å²) in [6.07, 6.45) is 5.76. The molecule has 94 valence electrons. The zero-order valence-corrected chi connectivity index (χ0v) is 11.3. The van der Waals surface area contributed by atoms with Crippen LogP contribution in [0.25, 0.3) is 0 Å². The summed E-state index contributed by atoms with van der Waals surface area (Å²) in [7, 11) is 0. The Morgan fingerprint density at radius 2 is 1.94 bits per heavy atom. The first-order valence-electron chi connectivity index (χ1n) is 7.01. The van der Waals surface area contributed by atoms with Gasteiger partial charge in [-0.15, -0.1) is 0 Å². The van der Waals surface area contributed by atoms with E-state index in [0.717, 1.165) is 5.92 Å². The van der Waals surface area contributed by atoms with Crippen molar-refractivity contribution < 1.29 is 0 Å². The summed E-state index contributed by atoms with van der Waals surface area (Å²) >= 11 is 0. The summed E-state index contributed by atoms with van der Waals surface area (Å²) in [6, 6.07) is 0.689. The van der Waals surface area contributed by atoms with E-state index in [-0.39, 0.29) is 0 Å². The van der Waals surface area contributed by atoms with Gasteiger partial charge >= 0.3 is 0 Å². The van der Waals surface area contributed by atoms with E-state index >= 15 is 0 Å². The predicted molar refractivity (Wildman–Crippen MR) is 69.6 cm³/mol. The lowest BCUT2D eigenvalue weighted by Crippen LogP contribution is -2.50. The SMILES string of the molecule is CC1CN(CC2CCC(C)(C)CC2)CCN1. The molecule has 0 bridgehead atoms. The molecule has 1 atom stereocenters. The Balaban J connectivity index is 1.74. The van der Waals surface area contributed by atoms with Crippen molar-refractivity contribution >= 4 is 0 Å². The molecule has 1 aliphatic heterocycles. The van der Waals surface area contributed by atoms with Crippen LogP contribution < -0.4 is 5.32 Å². The van der Waals surface area contributed by atoms with Gasteiger partial charge in [-0.05, 0) is 43.9 Å². The number of piperazine rings is 1. The second kappa shape index (κ2) is 5.05. The van der Waals surface area contributed by atoms with Gasteiger partial charge in [0.05, 0.1) is 0 Å². The molecule has 0 spiro atoms. The van der Waals surface area contributed by atoms with Gasteiger partial charge in [-0.1, -0.05) is 13.8 Å². The van der Waals surface area contributed by atoms with Crippen molar-refractivity contribution in [1.29, 1.82) is 0 Å². The first-order chi connectivity index (χ1) is 7.55. The van der Waals surface area contributed by atoms with Crippen LogP contribution in [0.4, 0.5) is 0 Å². The van der Waals surface area contributed by atoms with Crippen LogP contribution in [0.3, 0.4) is 0 Å². The van der Waals surface area contributed by atoms with Gasteiger partial charge in [0.15, 0.2) is 0 Å². The summed E-state index contributed by atoms with van der Waals surface area (Å²) in [5.41, 5.74) is 0.618. The van der Waals surface area contributed by atoms with Crippen LogP contribution >= 0.6 is 0 Å². The van der Waals surface area contributed by atoms with Crippen LogP contribution in [-0.4, -0.2) is 37.1 Å². The molecule has 2 fully saturated rings. The van der Waals surface area contributed by atoms with E-state index in [0.29, 0.717) is 11.5 Å². The molecule has 0 aromatic rings. The Labute approximate surface area is 101 Å². The fourth-order valence-corrected chi connectivity index (χ4v) is 3.18. The van der Waals surface area contributed by atoms with Crippen molar-refractivity contribution in [1.82, 2.24) is 10.2 Å². The van der Waals surface area contributed by atoms with E-state index in [2.05, 4.69) is 31.0 Å². The third kappa shape index (κ3) is 3.46. The molecule has 1 aliphatic carbocycles. The number of rotatable bonds is 2. The molecule has 1 unspecified atom stereocenters. The van der Waals surface area contributed by atoms with Crippen molar-refractivity contribution in [3.8, 4) is 0 Å². The maximum atomic E-state index is 3.52. The van der Waals surface area contributed by atoms with E-state index in [4.69, 9.17) is 0 Å². The van der Waals surface area contributed by atoms with Crippen molar-refractivity contribution in [3.63, 3.8) is 0 Å². The van der Waals surface area contributed by atoms with Crippen LogP contribution in [0.1, 0.15) is 46.5 Å². The molecular formula is C14H28N2. The van der Waals surface area contributed by atoms with E-state index in [9.17, 15) is 0 Å². The monoisotopic (exact) mass is 224 g/mol. The zero-order chi connectivity index (χ0) is 11.6. The Hall–Kier alpha value is -0.0800. The molecule has 1 N–H and O–H groups in total. The summed E-state index contributed by atoms with van der Waals surface area (Å²) in [6.45, 7) is 12.2. The van der Waals surface area contributed by atoms with Gasteiger partial charge in [-0.3, -0.25) is 0 Å². The van der Waals surface area contributed by atoms with Crippen molar-refractivity contribution in [2.45, 2.75) is 52.5 Å². The first kappa shape index (κ1) is 12.4. The van der Waals surface area contributed by atoms with Crippen LogP contribution in [0.5, 0.6) is 0 Å². The maximum absolute atomic E-state index is 3.52. The Morgan fingerprint density at radius 1 is 1.25 bits per heavy atom. The minimum atomic E-state index is 0.618. The standard InChI is InChI=1S/C14H28N2/c1-12-10-16(9-8-15-12)11-13-4-6-14(2,3)7-5-13/h12-13,15H,4-11H2,1-3H3. The molecule has 1 saturated heterocycles. The molecule has 0 aromatic heterocycles. The normalized spacial score (nSPS) is 32.8.